The molecule has 2 heteroatoms. The summed E-state index contributed by atoms with van der Waals surface area (Å²) in [5, 5.41) is 3.29. The van der Waals surface area contributed by atoms with Gasteiger partial charge in [0, 0.05) is 7.05 Å². The minimum absolute atomic E-state index is 0.159. The fourth-order valence-electron chi connectivity index (χ4n) is 1.99. The van der Waals surface area contributed by atoms with Gasteiger partial charge in [0.2, 0.25) is 0 Å². The van der Waals surface area contributed by atoms with Crippen LogP contribution in [0.25, 0.3) is 0 Å². The smallest absolute Gasteiger partial charge is 0.103 e. The van der Waals surface area contributed by atoms with Crippen LogP contribution in [0, 0.1) is 0 Å². The van der Waals surface area contributed by atoms with Gasteiger partial charge in [-0.3, -0.25) is 0 Å². The van der Waals surface area contributed by atoms with E-state index in [-0.39, 0.29) is 5.41 Å². The zero-order chi connectivity index (χ0) is 11.2. The number of nitrogens with one attached hydrogen (secondary N) is 1. The van der Waals surface area contributed by atoms with Gasteiger partial charge < -0.3 is 10.2 Å². The van der Waals surface area contributed by atoms with Crippen molar-refractivity contribution in [3.8, 4) is 0 Å². The Balaban J connectivity index is 2.62. The van der Waals surface area contributed by atoms with Crippen LogP contribution in [-0.2, 0) is 5.41 Å². The molecule has 0 atom stereocenters. The molecule has 1 aromatic rings. The van der Waals surface area contributed by atoms with Crippen molar-refractivity contribution in [3.05, 3.63) is 36.2 Å². The molecule has 0 fully saturated rings. The topological polar surface area (TPSA) is 15.3 Å². The summed E-state index contributed by atoms with van der Waals surface area (Å²) in [4.78, 5) is 2.12. The molecule has 0 amide bonds. The number of hydrogen-bond acceptors (Lipinski definition) is 2. The van der Waals surface area contributed by atoms with Crippen molar-refractivity contribution in [3.63, 3.8) is 0 Å². The molecular weight excluding hydrogens is 184 g/mol. The Morgan fingerprint density at radius 2 is 1.93 bits per heavy atom. The lowest BCUT2D eigenvalue weighted by Gasteiger charge is -2.25. The van der Waals surface area contributed by atoms with Crippen molar-refractivity contribution < 1.29 is 0 Å². The molecular formula is C13H18N2. The summed E-state index contributed by atoms with van der Waals surface area (Å²) < 4.78 is 0. The summed E-state index contributed by atoms with van der Waals surface area (Å²) in [5.74, 6) is 0.946. The minimum atomic E-state index is 0.159. The summed E-state index contributed by atoms with van der Waals surface area (Å²) >= 11 is 0. The Morgan fingerprint density at radius 1 is 1.27 bits per heavy atom. The zero-order valence-corrected chi connectivity index (χ0v) is 9.89. The van der Waals surface area contributed by atoms with Crippen LogP contribution in [0.3, 0.4) is 0 Å². The number of hydrogen-bond donors (Lipinski definition) is 1. The molecule has 1 aromatic carbocycles. The van der Waals surface area contributed by atoms with E-state index < -0.39 is 0 Å². The van der Waals surface area contributed by atoms with Crippen molar-refractivity contribution in [1.29, 1.82) is 0 Å². The third kappa shape index (κ3) is 1.50. The number of fused-ring (bicyclic) bond motifs is 1. The lowest BCUT2D eigenvalue weighted by molar-refractivity contribution is 0.591. The van der Waals surface area contributed by atoms with Crippen molar-refractivity contribution in [2.45, 2.75) is 26.2 Å². The molecule has 2 nitrogen and oxygen atoms in total. The SMILES string of the molecule is C=C1Nc2cccc(C(C)(C)C)c2N1C. The van der Waals surface area contributed by atoms with Gasteiger partial charge in [0.05, 0.1) is 11.4 Å². The fourth-order valence-corrected chi connectivity index (χ4v) is 1.99. The maximum Gasteiger partial charge on any atom is 0.103 e. The largest absolute Gasteiger partial charge is 0.340 e. The van der Waals surface area contributed by atoms with Gasteiger partial charge in [-0.1, -0.05) is 39.5 Å². The van der Waals surface area contributed by atoms with E-state index in [4.69, 9.17) is 0 Å². The van der Waals surface area contributed by atoms with Crippen LogP contribution >= 0.6 is 0 Å². The molecule has 0 aliphatic carbocycles. The van der Waals surface area contributed by atoms with Crippen LogP contribution in [0.1, 0.15) is 26.3 Å². The van der Waals surface area contributed by atoms with E-state index in [1.54, 1.807) is 0 Å². The van der Waals surface area contributed by atoms with Gasteiger partial charge in [-0.15, -0.1) is 0 Å². The number of para-hydroxylation sites is 1. The number of benzene rings is 1. The van der Waals surface area contributed by atoms with Crippen molar-refractivity contribution >= 4 is 11.4 Å². The molecule has 0 unspecified atom stereocenters. The molecule has 1 aliphatic heterocycles. The second-order valence-corrected chi connectivity index (χ2v) is 5.08. The summed E-state index contributed by atoms with van der Waals surface area (Å²) in [6, 6.07) is 6.38. The third-order valence-electron chi connectivity index (χ3n) is 2.86. The Labute approximate surface area is 91.6 Å². The standard InChI is InChI=1S/C13H18N2/c1-9-14-11-8-6-7-10(13(2,3)4)12(11)15(9)5/h6-8,14H,1H2,2-5H3. The first kappa shape index (κ1) is 10.1. The predicted molar refractivity (Wildman–Crippen MR) is 66.3 cm³/mol. The highest BCUT2D eigenvalue weighted by Gasteiger charge is 2.27. The predicted octanol–water partition coefficient (Wildman–Crippen LogP) is 3.32. The molecule has 0 bridgehead atoms. The van der Waals surface area contributed by atoms with Crippen molar-refractivity contribution in [1.82, 2.24) is 0 Å². The molecule has 0 saturated carbocycles. The van der Waals surface area contributed by atoms with E-state index in [0.29, 0.717) is 0 Å². The Kier molecular flexibility index (Phi) is 2.03. The zero-order valence-electron chi connectivity index (χ0n) is 9.89. The highest BCUT2D eigenvalue weighted by atomic mass is 15.3. The van der Waals surface area contributed by atoms with Gasteiger partial charge in [-0.2, -0.15) is 0 Å². The van der Waals surface area contributed by atoms with Crippen LogP contribution in [0.5, 0.6) is 0 Å². The van der Waals surface area contributed by atoms with Crippen LogP contribution in [0.15, 0.2) is 30.6 Å². The van der Waals surface area contributed by atoms with Crippen LogP contribution < -0.4 is 10.2 Å². The lowest BCUT2D eigenvalue weighted by atomic mass is 9.85. The Hall–Kier alpha value is -1.44. The number of rotatable bonds is 0. The van der Waals surface area contributed by atoms with Gasteiger partial charge in [-0.05, 0) is 17.0 Å². The second kappa shape index (κ2) is 3.02. The molecule has 80 valence electrons. The van der Waals surface area contributed by atoms with Crippen LogP contribution in [0.2, 0.25) is 0 Å². The number of anilines is 2. The summed E-state index contributed by atoms with van der Waals surface area (Å²) in [5.41, 5.74) is 3.94. The van der Waals surface area contributed by atoms with Gasteiger partial charge in [0.1, 0.15) is 5.82 Å². The molecule has 1 N–H and O–H groups in total. The average molecular weight is 202 g/mol. The normalized spacial score (nSPS) is 15.2. The maximum absolute atomic E-state index is 3.99. The number of nitrogens with zero attached hydrogens (tertiary/aromatic N) is 1. The highest BCUT2D eigenvalue weighted by molar-refractivity contribution is 5.83. The first-order chi connectivity index (χ1) is 6.91. The average Bonchev–Trinajstić information content (AvgIpc) is 2.41. The van der Waals surface area contributed by atoms with Gasteiger partial charge in [0.25, 0.3) is 0 Å². The summed E-state index contributed by atoms with van der Waals surface area (Å²) in [7, 11) is 2.05. The van der Waals surface area contributed by atoms with Gasteiger partial charge >= 0.3 is 0 Å². The van der Waals surface area contributed by atoms with E-state index in [1.165, 1.54) is 11.3 Å². The molecule has 1 heterocycles. The Morgan fingerprint density at radius 3 is 2.53 bits per heavy atom. The maximum atomic E-state index is 3.99. The Bertz CT molecular complexity index is 413. The first-order valence-corrected chi connectivity index (χ1v) is 5.24. The van der Waals surface area contributed by atoms with E-state index >= 15 is 0 Å². The molecule has 0 aromatic heterocycles. The molecule has 15 heavy (non-hydrogen) atoms. The third-order valence-corrected chi connectivity index (χ3v) is 2.86. The van der Waals surface area contributed by atoms with Crippen LogP contribution in [0.4, 0.5) is 11.4 Å². The van der Waals surface area contributed by atoms with Gasteiger partial charge in [-0.25, -0.2) is 0 Å². The summed E-state index contributed by atoms with van der Waals surface area (Å²) in [6.45, 7) is 10.7. The lowest BCUT2D eigenvalue weighted by Crippen LogP contribution is -2.18. The van der Waals surface area contributed by atoms with Crippen LogP contribution in [-0.4, -0.2) is 7.05 Å². The van der Waals surface area contributed by atoms with Gasteiger partial charge in [0.15, 0.2) is 0 Å². The summed E-state index contributed by atoms with van der Waals surface area (Å²) in [6.07, 6.45) is 0. The van der Waals surface area contributed by atoms with Crippen molar-refractivity contribution in [2.75, 3.05) is 17.3 Å². The molecule has 0 saturated heterocycles. The van der Waals surface area contributed by atoms with E-state index in [9.17, 15) is 0 Å². The molecule has 2 rings (SSSR count). The van der Waals surface area contributed by atoms with E-state index in [1.807, 2.05) is 0 Å². The highest BCUT2D eigenvalue weighted by Crippen LogP contribution is 2.42. The molecule has 0 spiro atoms. The van der Waals surface area contributed by atoms with E-state index in [0.717, 1.165) is 11.5 Å². The monoisotopic (exact) mass is 202 g/mol. The molecule has 1 aliphatic rings. The second-order valence-electron chi connectivity index (χ2n) is 5.08. The first-order valence-electron chi connectivity index (χ1n) is 5.24. The van der Waals surface area contributed by atoms with Crippen molar-refractivity contribution in [2.24, 2.45) is 0 Å². The van der Waals surface area contributed by atoms with E-state index in [2.05, 4.69) is 62.8 Å². The fraction of sp³-hybridized carbons (Fsp3) is 0.385. The minimum Gasteiger partial charge on any atom is -0.340 e. The quantitative estimate of drug-likeness (QED) is 0.694. The molecule has 0 radical (unpaired) electrons.